The lowest BCUT2D eigenvalue weighted by Crippen LogP contribution is -2.32. The highest BCUT2D eigenvalue weighted by Crippen LogP contribution is 2.18. The Balaban J connectivity index is 1.72. The summed E-state index contributed by atoms with van der Waals surface area (Å²) in [7, 11) is 2.05. The molecule has 0 spiro atoms. The third kappa shape index (κ3) is 3.69. The standard InChI is InChI=1S/C21H27N2O2/c1-5-17-10-15(2)11-19(12-17)25-14-18(24)13-23-16(3)22(4)20-8-6-7-9-21(20)23/h6-12,18,24H,5,13-14H2,1-4H3/q+1/t18-/m1/s1. The van der Waals surface area contributed by atoms with Crippen LogP contribution >= 0.6 is 0 Å². The maximum atomic E-state index is 10.5. The molecule has 0 aliphatic heterocycles. The van der Waals surface area contributed by atoms with Crippen molar-refractivity contribution in [3.05, 3.63) is 59.4 Å². The van der Waals surface area contributed by atoms with Crippen molar-refractivity contribution in [1.29, 1.82) is 0 Å². The Hall–Kier alpha value is -2.33. The number of para-hydroxylation sites is 2. The van der Waals surface area contributed by atoms with Gasteiger partial charge in [-0.05, 0) is 48.7 Å². The lowest BCUT2D eigenvalue weighted by molar-refractivity contribution is -0.652. The molecule has 0 aliphatic rings. The number of ether oxygens (including phenoxy) is 1. The van der Waals surface area contributed by atoms with E-state index in [1.54, 1.807) is 0 Å². The van der Waals surface area contributed by atoms with E-state index in [-0.39, 0.29) is 6.61 Å². The number of hydrogen-bond acceptors (Lipinski definition) is 2. The smallest absolute Gasteiger partial charge is 0.254 e. The summed E-state index contributed by atoms with van der Waals surface area (Å²) in [5.74, 6) is 1.94. The molecule has 0 aliphatic carbocycles. The molecule has 0 saturated carbocycles. The number of fused-ring (bicyclic) bond motifs is 1. The number of aliphatic hydroxyl groups is 1. The van der Waals surface area contributed by atoms with Gasteiger partial charge in [0.25, 0.3) is 5.82 Å². The minimum Gasteiger partial charge on any atom is -0.491 e. The van der Waals surface area contributed by atoms with Crippen molar-refractivity contribution in [2.75, 3.05) is 6.61 Å². The number of aryl methyl sites for hydroxylation is 3. The molecule has 1 atom stereocenters. The fourth-order valence-corrected chi connectivity index (χ4v) is 3.30. The Bertz CT molecular complexity index is 883. The fraction of sp³-hybridized carbons (Fsp3) is 0.381. The minimum atomic E-state index is -0.569. The van der Waals surface area contributed by atoms with Crippen LogP contribution in [0.2, 0.25) is 0 Å². The molecule has 132 valence electrons. The molecule has 2 aromatic carbocycles. The summed E-state index contributed by atoms with van der Waals surface area (Å²) in [5, 5.41) is 10.5. The quantitative estimate of drug-likeness (QED) is 0.701. The highest BCUT2D eigenvalue weighted by atomic mass is 16.5. The zero-order chi connectivity index (χ0) is 18.0. The first kappa shape index (κ1) is 17.5. The van der Waals surface area contributed by atoms with Crippen LogP contribution in [0.3, 0.4) is 0 Å². The Kier molecular flexibility index (Phi) is 5.09. The van der Waals surface area contributed by atoms with E-state index in [2.05, 4.69) is 61.2 Å². The van der Waals surface area contributed by atoms with Crippen LogP contribution in [0.1, 0.15) is 23.9 Å². The zero-order valence-electron chi connectivity index (χ0n) is 15.5. The summed E-state index contributed by atoms with van der Waals surface area (Å²) in [6.07, 6.45) is 0.408. The van der Waals surface area contributed by atoms with E-state index in [9.17, 15) is 5.11 Å². The molecule has 0 unspecified atom stereocenters. The maximum absolute atomic E-state index is 10.5. The van der Waals surface area contributed by atoms with Crippen LogP contribution in [0.5, 0.6) is 5.75 Å². The van der Waals surface area contributed by atoms with E-state index < -0.39 is 6.10 Å². The van der Waals surface area contributed by atoms with Gasteiger partial charge in [-0.15, -0.1) is 0 Å². The van der Waals surface area contributed by atoms with Gasteiger partial charge in [-0.2, -0.15) is 0 Å². The summed E-state index contributed by atoms with van der Waals surface area (Å²) in [6.45, 7) is 7.06. The van der Waals surface area contributed by atoms with Crippen molar-refractivity contribution < 1.29 is 14.4 Å². The van der Waals surface area contributed by atoms with Crippen LogP contribution in [0, 0.1) is 13.8 Å². The van der Waals surface area contributed by atoms with Crippen molar-refractivity contribution in [2.45, 2.75) is 39.8 Å². The highest BCUT2D eigenvalue weighted by molar-refractivity contribution is 5.72. The van der Waals surface area contributed by atoms with Gasteiger partial charge in [0.1, 0.15) is 25.0 Å². The molecule has 25 heavy (non-hydrogen) atoms. The third-order valence-corrected chi connectivity index (χ3v) is 4.76. The van der Waals surface area contributed by atoms with Gasteiger partial charge in [-0.3, -0.25) is 0 Å². The second-order valence-corrected chi connectivity index (χ2v) is 6.68. The zero-order valence-corrected chi connectivity index (χ0v) is 15.5. The third-order valence-electron chi connectivity index (χ3n) is 4.76. The maximum Gasteiger partial charge on any atom is 0.254 e. The summed E-state index contributed by atoms with van der Waals surface area (Å²) < 4.78 is 10.2. The molecule has 0 bridgehead atoms. The average Bonchev–Trinajstić information content (AvgIpc) is 2.85. The Morgan fingerprint density at radius 1 is 1.16 bits per heavy atom. The molecule has 4 nitrogen and oxygen atoms in total. The van der Waals surface area contributed by atoms with E-state index in [1.807, 2.05) is 18.2 Å². The Morgan fingerprint density at radius 3 is 2.68 bits per heavy atom. The van der Waals surface area contributed by atoms with E-state index in [4.69, 9.17) is 4.74 Å². The monoisotopic (exact) mass is 339 g/mol. The fourth-order valence-electron chi connectivity index (χ4n) is 3.30. The first-order valence-corrected chi connectivity index (χ1v) is 8.85. The van der Waals surface area contributed by atoms with E-state index in [0.717, 1.165) is 23.5 Å². The van der Waals surface area contributed by atoms with E-state index >= 15 is 0 Å². The van der Waals surface area contributed by atoms with Crippen LogP contribution in [0.15, 0.2) is 42.5 Å². The van der Waals surface area contributed by atoms with Crippen LogP contribution in [0.25, 0.3) is 11.0 Å². The number of aliphatic hydroxyl groups excluding tert-OH is 1. The van der Waals surface area contributed by atoms with Gasteiger partial charge in [-0.25, -0.2) is 9.13 Å². The number of nitrogens with zero attached hydrogens (tertiary/aromatic N) is 2. The number of aromatic nitrogens is 2. The lowest BCUT2D eigenvalue weighted by Gasteiger charge is -2.13. The van der Waals surface area contributed by atoms with Crippen molar-refractivity contribution in [1.82, 2.24) is 4.57 Å². The van der Waals surface area contributed by atoms with Gasteiger partial charge in [0.05, 0.1) is 7.05 Å². The first-order valence-electron chi connectivity index (χ1n) is 8.85. The molecule has 0 radical (unpaired) electrons. The molecular formula is C21H27N2O2+. The predicted molar refractivity (Wildman–Crippen MR) is 99.9 cm³/mol. The van der Waals surface area contributed by atoms with Gasteiger partial charge in [-0.1, -0.05) is 25.1 Å². The normalized spacial score (nSPS) is 12.5. The van der Waals surface area contributed by atoms with Crippen molar-refractivity contribution in [3.63, 3.8) is 0 Å². The molecule has 1 N–H and O–H groups in total. The van der Waals surface area contributed by atoms with Gasteiger partial charge < -0.3 is 9.84 Å². The van der Waals surface area contributed by atoms with Gasteiger partial charge in [0.15, 0.2) is 11.0 Å². The molecule has 0 amide bonds. The molecule has 1 heterocycles. The second-order valence-electron chi connectivity index (χ2n) is 6.68. The van der Waals surface area contributed by atoms with Crippen molar-refractivity contribution >= 4 is 11.0 Å². The topological polar surface area (TPSA) is 38.3 Å². The van der Waals surface area contributed by atoms with Crippen LogP contribution in [-0.2, 0) is 20.0 Å². The molecule has 0 fully saturated rings. The molecule has 3 aromatic rings. The predicted octanol–water partition coefficient (Wildman–Crippen LogP) is 3.08. The van der Waals surface area contributed by atoms with Crippen LogP contribution < -0.4 is 9.30 Å². The number of hydrogen-bond donors (Lipinski definition) is 1. The molecule has 3 rings (SSSR count). The second kappa shape index (κ2) is 7.28. The largest absolute Gasteiger partial charge is 0.491 e. The summed E-state index contributed by atoms with van der Waals surface area (Å²) >= 11 is 0. The minimum absolute atomic E-state index is 0.280. The molecule has 1 aromatic heterocycles. The number of benzene rings is 2. The van der Waals surface area contributed by atoms with E-state index in [1.165, 1.54) is 16.6 Å². The highest BCUT2D eigenvalue weighted by Gasteiger charge is 2.21. The molecule has 0 saturated heterocycles. The Morgan fingerprint density at radius 2 is 1.92 bits per heavy atom. The van der Waals surface area contributed by atoms with Gasteiger partial charge >= 0.3 is 0 Å². The first-order chi connectivity index (χ1) is 12.0. The Labute approximate surface area is 149 Å². The number of rotatable bonds is 6. The van der Waals surface area contributed by atoms with Gasteiger partial charge in [0, 0.05) is 6.92 Å². The SMILES string of the molecule is CCc1cc(C)cc(OC[C@H](O)Cn2c(C)[n+](C)c3ccccc32)c1. The van der Waals surface area contributed by atoms with E-state index in [0.29, 0.717) is 6.54 Å². The summed E-state index contributed by atoms with van der Waals surface area (Å²) in [5.41, 5.74) is 4.73. The van der Waals surface area contributed by atoms with Crippen LogP contribution in [-0.4, -0.2) is 22.4 Å². The average molecular weight is 339 g/mol. The number of imidazole rings is 1. The van der Waals surface area contributed by atoms with Crippen LogP contribution in [0.4, 0.5) is 0 Å². The molecular weight excluding hydrogens is 312 g/mol. The van der Waals surface area contributed by atoms with Crippen molar-refractivity contribution in [3.8, 4) is 5.75 Å². The molecule has 4 heteroatoms. The van der Waals surface area contributed by atoms with Crippen molar-refractivity contribution in [2.24, 2.45) is 7.05 Å². The summed E-state index contributed by atoms with van der Waals surface area (Å²) in [4.78, 5) is 0. The summed E-state index contributed by atoms with van der Waals surface area (Å²) in [6, 6.07) is 14.5. The van der Waals surface area contributed by atoms with Gasteiger partial charge in [0.2, 0.25) is 0 Å². The lowest BCUT2D eigenvalue weighted by atomic mass is 10.1.